The Labute approximate surface area is 112 Å². The molecule has 0 amide bonds. The highest BCUT2D eigenvalue weighted by molar-refractivity contribution is 5.70. The molecule has 3 nitrogen and oxygen atoms in total. The van der Waals surface area contributed by atoms with Crippen molar-refractivity contribution in [3.05, 3.63) is 66.9 Å². The quantitative estimate of drug-likeness (QED) is 0.695. The van der Waals surface area contributed by atoms with E-state index in [1.165, 1.54) is 0 Å². The molecule has 3 heteroatoms. The predicted molar refractivity (Wildman–Crippen MR) is 75.4 cm³/mol. The number of nitrogens with zero attached hydrogens (tertiary/aromatic N) is 3. The first-order valence-corrected chi connectivity index (χ1v) is 6.12. The molecule has 0 saturated carbocycles. The van der Waals surface area contributed by atoms with Gasteiger partial charge in [0.2, 0.25) is 0 Å². The Balaban J connectivity index is 2.12. The van der Waals surface area contributed by atoms with Crippen LogP contribution >= 0.6 is 0 Å². The third-order valence-corrected chi connectivity index (χ3v) is 2.91. The van der Waals surface area contributed by atoms with E-state index in [-0.39, 0.29) is 0 Å². The number of pyridine rings is 3. The van der Waals surface area contributed by atoms with Gasteiger partial charge >= 0.3 is 0 Å². The molecule has 3 heterocycles. The minimum Gasteiger partial charge on any atom is -0.264 e. The molecule has 0 atom stereocenters. The molecule has 0 unspecified atom stereocenters. The third kappa shape index (κ3) is 2.50. The molecule has 0 spiro atoms. The van der Waals surface area contributed by atoms with Gasteiger partial charge in [-0.2, -0.15) is 0 Å². The van der Waals surface area contributed by atoms with Crippen LogP contribution in [0.3, 0.4) is 0 Å². The Morgan fingerprint density at radius 1 is 0.789 bits per heavy atom. The largest absolute Gasteiger partial charge is 0.264 e. The van der Waals surface area contributed by atoms with Crippen molar-refractivity contribution in [2.45, 2.75) is 6.92 Å². The zero-order valence-electron chi connectivity index (χ0n) is 10.6. The molecule has 19 heavy (non-hydrogen) atoms. The van der Waals surface area contributed by atoms with Gasteiger partial charge in [0.1, 0.15) is 0 Å². The maximum Gasteiger partial charge on any atom is 0.0726 e. The average Bonchev–Trinajstić information content (AvgIpc) is 2.48. The summed E-state index contributed by atoms with van der Waals surface area (Å²) in [5.74, 6) is 0. The van der Waals surface area contributed by atoms with Crippen molar-refractivity contribution < 1.29 is 0 Å². The molecule has 0 saturated heterocycles. The lowest BCUT2D eigenvalue weighted by molar-refractivity contribution is 1.19. The van der Waals surface area contributed by atoms with Gasteiger partial charge in [0, 0.05) is 41.6 Å². The summed E-state index contributed by atoms with van der Waals surface area (Å²) in [6, 6.07) is 12.1. The van der Waals surface area contributed by atoms with Gasteiger partial charge in [-0.1, -0.05) is 6.07 Å². The zero-order valence-corrected chi connectivity index (χ0v) is 10.6. The van der Waals surface area contributed by atoms with Crippen LogP contribution < -0.4 is 0 Å². The lowest BCUT2D eigenvalue weighted by Crippen LogP contribution is -1.90. The number of aromatic nitrogens is 3. The van der Waals surface area contributed by atoms with Crippen LogP contribution in [0.5, 0.6) is 0 Å². The fourth-order valence-corrected chi connectivity index (χ4v) is 2.03. The van der Waals surface area contributed by atoms with Crippen molar-refractivity contribution in [3.63, 3.8) is 0 Å². The van der Waals surface area contributed by atoms with Gasteiger partial charge in [-0.3, -0.25) is 15.0 Å². The summed E-state index contributed by atoms with van der Waals surface area (Å²) in [7, 11) is 0. The first-order chi connectivity index (χ1) is 9.33. The molecule has 0 aromatic carbocycles. The normalized spacial score (nSPS) is 10.4. The molecule has 0 N–H and O–H groups in total. The van der Waals surface area contributed by atoms with Gasteiger partial charge in [0.05, 0.1) is 5.69 Å². The first kappa shape index (κ1) is 11.5. The van der Waals surface area contributed by atoms with Crippen LogP contribution in [-0.2, 0) is 0 Å². The van der Waals surface area contributed by atoms with Crippen molar-refractivity contribution in [3.8, 4) is 22.4 Å². The van der Waals surface area contributed by atoms with Gasteiger partial charge in [0.15, 0.2) is 0 Å². The average molecular weight is 247 g/mol. The van der Waals surface area contributed by atoms with Gasteiger partial charge in [-0.05, 0) is 42.8 Å². The number of aryl methyl sites for hydroxylation is 1. The highest BCUT2D eigenvalue weighted by atomic mass is 14.7. The molecule has 0 radical (unpaired) electrons. The second kappa shape index (κ2) is 4.98. The Morgan fingerprint density at radius 2 is 1.47 bits per heavy atom. The van der Waals surface area contributed by atoms with Crippen LogP contribution in [0.1, 0.15) is 5.69 Å². The molecule has 3 rings (SSSR count). The minimum absolute atomic E-state index is 0.937. The lowest BCUT2D eigenvalue weighted by Gasteiger charge is -2.06. The topological polar surface area (TPSA) is 38.7 Å². The summed E-state index contributed by atoms with van der Waals surface area (Å²) >= 11 is 0. The molecule has 0 aliphatic carbocycles. The maximum absolute atomic E-state index is 4.57. The molecule has 0 fully saturated rings. The van der Waals surface area contributed by atoms with Crippen molar-refractivity contribution in [1.82, 2.24) is 15.0 Å². The molecule has 0 aliphatic heterocycles. The number of hydrogen-bond donors (Lipinski definition) is 0. The SMILES string of the molecule is Cc1cc(-c2cccnc2)cc(-c2cccnc2)n1. The highest BCUT2D eigenvalue weighted by Gasteiger charge is 2.05. The van der Waals surface area contributed by atoms with E-state index in [1.807, 2.05) is 37.5 Å². The van der Waals surface area contributed by atoms with Crippen molar-refractivity contribution in [2.24, 2.45) is 0 Å². The van der Waals surface area contributed by atoms with E-state index in [0.717, 1.165) is 28.1 Å². The lowest BCUT2D eigenvalue weighted by atomic mass is 10.0. The molecular formula is C16H13N3. The van der Waals surface area contributed by atoms with Gasteiger partial charge in [-0.25, -0.2) is 0 Å². The fourth-order valence-electron chi connectivity index (χ4n) is 2.03. The van der Waals surface area contributed by atoms with Crippen LogP contribution in [0.2, 0.25) is 0 Å². The van der Waals surface area contributed by atoms with Crippen LogP contribution in [-0.4, -0.2) is 15.0 Å². The molecule has 3 aromatic rings. The molecule has 3 aromatic heterocycles. The Hall–Kier alpha value is -2.55. The zero-order chi connectivity index (χ0) is 13.1. The van der Waals surface area contributed by atoms with Crippen LogP contribution in [0.4, 0.5) is 0 Å². The van der Waals surface area contributed by atoms with E-state index in [2.05, 4.69) is 33.2 Å². The van der Waals surface area contributed by atoms with E-state index < -0.39 is 0 Å². The summed E-state index contributed by atoms with van der Waals surface area (Å²) in [5, 5.41) is 0. The van der Waals surface area contributed by atoms with Gasteiger partial charge < -0.3 is 0 Å². The second-order valence-electron chi connectivity index (χ2n) is 4.37. The van der Waals surface area contributed by atoms with Crippen LogP contribution in [0.25, 0.3) is 22.4 Å². The van der Waals surface area contributed by atoms with Crippen molar-refractivity contribution >= 4 is 0 Å². The summed E-state index contributed by atoms with van der Waals surface area (Å²) < 4.78 is 0. The summed E-state index contributed by atoms with van der Waals surface area (Å²) in [4.78, 5) is 12.9. The number of rotatable bonds is 2. The Kier molecular flexibility index (Phi) is 3.02. The summed E-state index contributed by atoms with van der Waals surface area (Å²) in [6.07, 6.45) is 7.23. The molecule has 92 valence electrons. The van der Waals surface area contributed by atoms with Crippen LogP contribution in [0.15, 0.2) is 61.2 Å². The summed E-state index contributed by atoms with van der Waals surface area (Å²) in [5.41, 5.74) is 5.17. The second-order valence-corrected chi connectivity index (χ2v) is 4.37. The minimum atomic E-state index is 0.937. The molecule has 0 aliphatic rings. The van der Waals surface area contributed by atoms with E-state index >= 15 is 0 Å². The van der Waals surface area contributed by atoms with Crippen molar-refractivity contribution in [1.29, 1.82) is 0 Å². The Bertz CT molecular complexity index is 621. The maximum atomic E-state index is 4.57. The van der Waals surface area contributed by atoms with Crippen LogP contribution in [0, 0.1) is 6.92 Å². The standard InChI is InChI=1S/C16H13N3/c1-12-8-15(13-4-2-6-17-10-13)9-16(19-12)14-5-3-7-18-11-14/h2-11H,1H3. The van der Waals surface area contributed by atoms with Gasteiger partial charge in [-0.15, -0.1) is 0 Å². The molecule has 0 bridgehead atoms. The third-order valence-electron chi connectivity index (χ3n) is 2.91. The predicted octanol–water partition coefficient (Wildman–Crippen LogP) is 3.51. The van der Waals surface area contributed by atoms with E-state index in [1.54, 1.807) is 12.4 Å². The van der Waals surface area contributed by atoms with E-state index in [0.29, 0.717) is 0 Å². The fraction of sp³-hybridized carbons (Fsp3) is 0.0625. The Morgan fingerprint density at radius 3 is 2.11 bits per heavy atom. The monoisotopic (exact) mass is 247 g/mol. The van der Waals surface area contributed by atoms with Gasteiger partial charge in [0.25, 0.3) is 0 Å². The van der Waals surface area contributed by atoms with E-state index in [9.17, 15) is 0 Å². The van der Waals surface area contributed by atoms with E-state index in [4.69, 9.17) is 0 Å². The van der Waals surface area contributed by atoms with Crippen molar-refractivity contribution in [2.75, 3.05) is 0 Å². The molecular weight excluding hydrogens is 234 g/mol. The smallest absolute Gasteiger partial charge is 0.0726 e. The summed E-state index contributed by atoms with van der Waals surface area (Å²) in [6.45, 7) is 2.00. The first-order valence-electron chi connectivity index (χ1n) is 6.12. The number of hydrogen-bond acceptors (Lipinski definition) is 3. The highest BCUT2D eigenvalue weighted by Crippen LogP contribution is 2.24.